The lowest BCUT2D eigenvalue weighted by Gasteiger charge is -2.33. The minimum atomic E-state index is -5.96. The third-order valence-electron chi connectivity index (χ3n) is 2.74. The quantitative estimate of drug-likeness (QED) is 0.136. The first-order chi connectivity index (χ1) is 12.0. The van der Waals surface area contributed by atoms with Gasteiger partial charge in [-0.15, -0.1) is 6.58 Å². The molecule has 0 saturated heterocycles. The van der Waals surface area contributed by atoms with E-state index in [1.807, 2.05) is 0 Å². The lowest BCUT2D eigenvalue weighted by atomic mass is 10.2. The van der Waals surface area contributed by atoms with Crippen molar-refractivity contribution in [3.8, 4) is 0 Å². The highest BCUT2D eigenvalue weighted by molar-refractivity contribution is 7.86. The number of halogens is 5. The molecule has 14 heteroatoms. The lowest BCUT2D eigenvalue weighted by molar-refractivity contribution is -0.348. The van der Waals surface area contributed by atoms with Gasteiger partial charge in [0.25, 0.3) is 0 Å². The van der Waals surface area contributed by atoms with E-state index in [9.17, 15) is 40.0 Å². The molecule has 0 radical (unpaired) electrons. The molecular weight excluding hydrogens is 409 g/mol. The van der Waals surface area contributed by atoms with Crippen molar-refractivity contribution in [1.29, 1.82) is 0 Å². The normalized spacial score (nSPS) is 14.8. The van der Waals surface area contributed by atoms with Gasteiger partial charge in [0.2, 0.25) is 0 Å². The second kappa shape index (κ2) is 8.75. The van der Waals surface area contributed by atoms with E-state index in [-0.39, 0.29) is 0 Å². The number of esters is 1. The number of carbonyl (C=O) groups is 2. The van der Waals surface area contributed by atoms with Crippen molar-refractivity contribution in [1.82, 2.24) is 5.32 Å². The highest BCUT2D eigenvalue weighted by Gasteiger charge is 2.66. The molecule has 0 heterocycles. The highest BCUT2D eigenvalue weighted by Crippen LogP contribution is 2.37. The van der Waals surface area contributed by atoms with E-state index >= 15 is 0 Å². The van der Waals surface area contributed by atoms with Crippen LogP contribution in [0.2, 0.25) is 0 Å². The predicted molar refractivity (Wildman–Crippen MR) is 80.0 cm³/mol. The van der Waals surface area contributed by atoms with Crippen LogP contribution < -0.4 is 5.32 Å². The Balaban J connectivity index is 5.85. The van der Waals surface area contributed by atoms with Crippen LogP contribution in [0.5, 0.6) is 0 Å². The minimum absolute atomic E-state index is 0.536. The molecule has 2 N–H and O–H groups in total. The van der Waals surface area contributed by atoms with Gasteiger partial charge in [-0.3, -0.25) is 9.35 Å². The van der Waals surface area contributed by atoms with Gasteiger partial charge in [-0.05, 0) is 6.92 Å². The first-order valence-electron chi connectivity index (χ1n) is 6.85. The van der Waals surface area contributed by atoms with Crippen molar-refractivity contribution in [3.05, 3.63) is 24.8 Å². The van der Waals surface area contributed by atoms with Gasteiger partial charge in [0.1, 0.15) is 0 Å². The summed E-state index contributed by atoms with van der Waals surface area (Å²) in [5, 5.41) is -3.24. The van der Waals surface area contributed by atoms with E-state index in [1.54, 1.807) is 5.32 Å². The van der Waals surface area contributed by atoms with Crippen LogP contribution in [-0.2, 0) is 29.2 Å². The lowest BCUT2D eigenvalue weighted by Crippen LogP contribution is -2.61. The van der Waals surface area contributed by atoms with Crippen molar-refractivity contribution in [2.75, 3.05) is 13.2 Å². The Kier molecular flexibility index (Phi) is 8.08. The number of carbonyl (C=O) groups excluding carboxylic acids is 2. The SMILES string of the molecule is C=CCNC(=O)C(OCCC(F)(F)S(=O)(=O)O)(OC(=O)C(=C)C)C(F)(F)F. The number of alkyl halides is 5. The van der Waals surface area contributed by atoms with E-state index in [1.165, 1.54) is 0 Å². The molecule has 0 aliphatic carbocycles. The van der Waals surface area contributed by atoms with Crippen molar-refractivity contribution >= 4 is 22.0 Å². The molecule has 27 heavy (non-hydrogen) atoms. The van der Waals surface area contributed by atoms with Crippen LogP contribution >= 0.6 is 0 Å². The Bertz CT molecular complexity index is 704. The summed E-state index contributed by atoms with van der Waals surface area (Å²) in [4.78, 5) is 23.4. The maximum absolute atomic E-state index is 13.5. The van der Waals surface area contributed by atoms with Gasteiger partial charge < -0.3 is 14.8 Å². The molecule has 0 bridgehead atoms. The Morgan fingerprint density at radius 1 is 1.22 bits per heavy atom. The van der Waals surface area contributed by atoms with E-state index in [2.05, 4.69) is 22.6 Å². The summed E-state index contributed by atoms with van der Waals surface area (Å²) in [6.45, 7) is 4.82. The minimum Gasteiger partial charge on any atom is -0.412 e. The van der Waals surface area contributed by atoms with Crippen molar-refractivity contribution in [3.63, 3.8) is 0 Å². The summed E-state index contributed by atoms with van der Waals surface area (Å²) < 4.78 is 104. The zero-order valence-corrected chi connectivity index (χ0v) is 14.6. The molecule has 0 aromatic heterocycles. The third-order valence-corrected chi connectivity index (χ3v) is 3.70. The van der Waals surface area contributed by atoms with Crippen LogP contribution in [0.4, 0.5) is 22.0 Å². The second-order valence-electron chi connectivity index (χ2n) is 4.99. The van der Waals surface area contributed by atoms with Crippen LogP contribution in [0.1, 0.15) is 13.3 Å². The maximum Gasteiger partial charge on any atom is 0.466 e. The van der Waals surface area contributed by atoms with Crippen LogP contribution in [0.3, 0.4) is 0 Å². The Hall–Kier alpha value is -2.06. The molecule has 1 unspecified atom stereocenters. The number of amides is 1. The fourth-order valence-corrected chi connectivity index (χ4v) is 1.69. The van der Waals surface area contributed by atoms with Crippen molar-refractivity contribution in [2.45, 2.75) is 30.6 Å². The molecule has 0 aromatic rings. The Morgan fingerprint density at radius 2 is 1.74 bits per heavy atom. The fraction of sp³-hybridized carbons (Fsp3) is 0.538. The van der Waals surface area contributed by atoms with Crippen LogP contribution in [0, 0.1) is 0 Å². The molecule has 1 atom stereocenters. The van der Waals surface area contributed by atoms with Crippen LogP contribution in [-0.4, -0.2) is 55.2 Å². The predicted octanol–water partition coefficient (Wildman–Crippen LogP) is 1.55. The number of hydrogen-bond donors (Lipinski definition) is 2. The molecule has 0 fully saturated rings. The van der Waals surface area contributed by atoms with E-state index in [0.29, 0.717) is 0 Å². The van der Waals surface area contributed by atoms with E-state index < -0.39 is 64.4 Å². The zero-order valence-electron chi connectivity index (χ0n) is 13.8. The van der Waals surface area contributed by atoms with Gasteiger partial charge in [0.15, 0.2) is 0 Å². The molecule has 0 aliphatic heterocycles. The van der Waals surface area contributed by atoms with Gasteiger partial charge in [-0.25, -0.2) is 4.79 Å². The first-order valence-corrected chi connectivity index (χ1v) is 8.29. The molecule has 1 amide bonds. The van der Waals surface area contributed by atoms with Crippen molar-refractivity contribution in [2.24, 2.45) is 0 Å². The van der Waals surface area contributed by atoms with Crippen LogP contribution in [0.15, 0.2) is 24.8 Å². The monoisotopic (exact) mass is 425 g/mol. The van der Waals surface area contributed by atoms with Gasteiger partial charge in [0.05, 0.1) is 13.0 Å². The average molecular weight is 425 g/mol. The molecule has 156 valence electrons. The molecule has 0 aromatic carbocycles. The largest absolute Gasteiger partial charge is 0.466 e. The smallest absolute Gasteiger partial charge is 0.412 e. The number of ether oxygens (including phenoxy) is 2. The van der Waals surface area contributed by atoms with Crippen molar-refractivity contribution < 1.29 is 54.0 Å². The van der Waals surface area contributed by atoms with Gasteiger partial charge >= 0.3 is 39.2 Å². The summed E-state index contributed by atoms with van der Waals surface area (Å²) >= 11 is 0. The zero-order chi connectivity index (χ0) is 21.7. The number of hydrogen-bond acceptors (Lipinski definition) is 6. The van der Waals surface area contributed by atoms with E-state index in [4.69, 9.17) is 4.55 Å². The summed E-state index contributed by atoms with van der Waals surface area (Å²) in [6.07, 6.45) is -6.76. The summed E-state index contributed by atoms with van der Waals surface area (Å²) in [6, 6.07) is 0. The molecular formula is C13H16F5NO7S. The summed E-state index contributed by atoms with van der Waals surface area (Å²) in [5.74, 6) is -8.19. The van der Waals surface area contributed by atoms with Crippen LogP contribution in [0.25, 0.3) is 0 Å². The maximum atomic E-state index is 13.5. The number of rotatable bonds is 10. The Morgan fingerprint density at radius 3 is 2.11 bits per heavy atom. The summed E-state index contributed by atoms with van der Waals surface area (Å²) in [5.41, 5.74) is -0.577. The topological polar surface area (TPSA) is 119 Å². The van der Waals surface area contributed by atoms with Gasteiger partial charge in [0, 0.05) is 12.1 Å². The fourth-order valence-electron chi connectivity index (χ4n) is 1.35. The van der Waals surface area contributed by atoms with Gasteiger partial charge in [-0.2, -0.15) is 30.4 Å². The highest BCUT2D eigenvalue weighted by atomic mass is 32.2. The third kappa shape index (κ3) is 6.25. The molecule has 0 rings (SSSR count). The van der Waals surface area contributed by atoms with E-state index in [0.717, 1.165) is 13.0 Å². The molecule has 0 aliphatic rings. The second-order valence-corrected chi connectivity index (χ2v) is 6.54. The molecule has 0 saturated carbocycles. The Labute approximate surface area is 150 Å². The average Bonchev–Trinajstić information content (AvgIpc) is 2.48. The molecule has 0 spiro atoms. The van der Waals surface area contributed by atoms with Gasteiger partial charge in [-0.1, -0.05) is 12.7 Å². The number of nitrogens with one attached hydrogen (secondary N) is 1. The standard InChI is InChI=1S/C13H16F5NO7S/c1-4-6-19-10(21)12(13(16,17)18,26-9(20)8(2)3)25-7-5-11(14,15)27(22,23)24/h4H,1-2,5-7H2,3H3,(H,19,21)(H,22,23,24). The molecule has 8 nitrogen and oxygen atoms in total. The first kappa shape index (κ1) is 24.9. The summed E-state index contributed by atoms with van der Waals surface area (Å²) in [7, 11) is -5.96.